The van der Waals surface area contributed by atoms with Gasteiger partial charge in [0.2, 0.25) is 5.90 Å². The molecule has 1 fully saturated rings. The molecule has 0 aliphatic carbocycles. The third-order valence-electron chi connectivity index (χ3n) is 3.43. The van der Waals surface area contributed by atoms with E-state index in [0.29, 0.717) is 5.90 Å². The fourth-order valence-electron chi connectivity index (χ4n) is 2.23. The van der Waals surface area contributed by atoms with E-state index in [-0.39, 0.29) is 0 Å². The van der Waals surface area contributed by atoms with Gasteiger partial charge in [-0.3, -0.25) is 0 Å². The number of hydrogen-bond donors (Lipinski definition) is 0. The van der Waals surface area contributed by atoms with E-state index < -0.39 is 0 Å². The van der Waals surface area contributed by atoms with E-state index in [1.807, 2.05) is 72.9 Å². The van der Waals surface area contributed by atoms with Gasteiger partial charge in [-0.25, -0.2) is 4.99 Å². The van der Waals surface area contributed by atoms with Crippen LogP contribution in [-0.4, -0.2) is 37.1 Å². The third kappa shape index (κ3) is 4.97. The topological polar surface area (TPSA) is 34.1 Å². The van der Waals surface area contributed by atoms with E-state index in [1.165, 1.54) is 0 Å². The van der Waals surface area contributed by atoms with Gasteiger partial charge in [-0.15, -0.1) is 0 Å². The summed E-state index contributed by atoms with van der Waals surface area (Å²) >= 11 is 0. The van der Waals surface area contributed by atoms with Crippen LogP contribution in [0.25, 0.3) is 0 Å². The molecule has 0 N–H and O–H groups in total. The molecular formula is C19H20N2O2. The first-order valence-electron chi connectivity index (χ1n) is 7.77. The smallest absolute Gasteiger partial charge is 0.221 e. The van der Waals surface area contributed by atoms with Crippen LogP contribution in [0.15, 0.2) is 77.9 Å². The molecule has 3 rings (SSSR count). The van der Waals surface area contributed by atoms with E-state index in [9.17, 15) is 0 Å². The Balaban J connectivity index is 1.78. The van der Waals surface area contributed by atoms with Crippen molar-refractivity contribution in [1.29, 1.82) is 0 Å². The van der Waals surface area contributed by atoms with Gasteiger partial charge in [0.1, 0.15) is 5.75 Å². The maximum Gasteiger partial charge on any atom is 0.221 e. The predicted octanol–water partition coefficient (Wildman–Crippen LogP) is 3.64. The minimum Gasteiger partial charge on any atom is -0.439 e. The number of nitrogens with zero attached hydrogens (tertiary/aromatic N) is 2. The zero-order valence-electron chi connectivity index (χ0n) is 13.0. The Morgan fingerprint density at radius 2 is 1.61 bits per heavy atom. The molecule has 118 valence electrons. The first-order valence-corrected chi connectivity index (χ1v) is 7.77. The lowest BCUT2D eigenvalue weighted by Gasteiger charge is -2.25. The quantitative estimate of drug-likeness (QED) is 0.639. The van der Waals surface area contributed by atoms with Gasteiger partial charge in [0, 0.05) is 25.4 Å². The molecule has 0 radical (unpaired) electrons. The molecule has 0 bridgehead atoms. The Hall–Kier alpha value is -2.59. The molecule has 1 aliphatic heterocycles. The van der Waals surface area contributed by atoms with Gasteiger partial charge in [-0.05, 0) is 24.3 Å². The fraction of sp³-hybridized carbons (Fsp3) is 0.211. The van der Waals surface area contributed by atoms with Crippen molar-refractivity contribution in [2.24, 2.45) is 4.99 Å². The van der Waals surface area contributed by atoms with Gasteiger partial charge in [-0.1, -0.05) is 36.4 Å². The van der Waals surface area contributed by atoms with Crippen LogP contribution in [0.4, 0.5) is 5.69 Å². The molecule has 4 nitrogen and oxygen atoms in total. The molecular weight excluding hydrogens is 288 g/mol. The number of hydrogen-bond acceptors (Lipinski definition) is 4. The lowest BCUT2D eigenvalue weighted by atomic mass is 10.3. The molecule has 2 aromatic rings. The van der Waals surface area contributed by atoms with Crippen molar-refractivity contribution in [2.75, 3.05) is 26.3 Å². The lowest BCUT2D eigenvalue weighted by Crippen LogP contribution is -2.32. The highest BCUT2D eigenvalue weighted by Crippen LogP contribution is 2.14. The van der Waals surface area contributed by atoms with Crippen molar-refractivity contribution in [1.82, 2.24) is 4.90 Å². The van der Waals surface area contributed by atoms with Gasteiger partial charge < -0.3 is 14.4 Å². The Morgan fingerprint density at radius 3 is 2.30 bits per heavy atom. The van der Waals surface area contributed by atoms with Crippen LogP contribution in [0.1, 0.15) is 0 Å². The average Bonchev–Trinajstić information content (AvgIpc) is 2.62. The number of morpholine rings is 1. The number of rotatable bonds is 4. The van der Waals surface area contributed by atoms with Crippen molar-refractivity contribution in [2.45, 2.75) is 0 Å². The second-order valence-electron chi connectivity index (χ2n) is 5.16. The number of aliphatic imine (C=N–C) groups is 1. The minimum atomic E-state index is 0.564. The van der Waals surface area contributed by atoms with E-state index in [1.54, 1.807) is 0 Å². The van der Waals surface area contributed by atoms with E-state index in [0.717, 1.165) is 37.7 Å². The molecule has 1 heterocycles. The summed E-state index contributed by atoms with van der Waals surface area (Å²) in [5.74, 6) is 1.34. The van der Waals surface area contributed by atoms with Crippen molar-refractivity contribution >= 4 is 11.6 Å². The Labute approximate surface area is 136 Å². The van der Waals surface area contributed by atoms with Crippen LogP contribution in [-0.2, 0) is 4.74 Å². The molecule has 0 saturated carbocycles. The van der Waals surface area contributed by atoms with E-state index in [4.69, 9.17) is 9.47 Å². The molecule has 1 aliphatic rings. The molecule has 1 saturated heterocycles. The van der Waals surface area contributed by atoms with Crippen LogP contribution in [0.3, 0.4) is 0 Å². The Morgan fingerprint density at radius 1 is 0.957 bits per heavy atom. The molecule has 4 heteroatoms. The van der Waals surface area contributed by atoms with E-state index in [2.05, 4.69) is 9.89 Å². The SMILES string of the molecule is C(=CN1CCOCC1)C(=Nc1ccccc1)Oc1ccccc1. The largest absolute Gasteiger partial charge is 0.439 e. The van der Waals surface area contributed by atoms with Crippen molar-refractivity contribution < 1.29 is 9.47 Å². The summed E-state index contributed by atoms with van der Waals surface area (Å²) in [6.45, 7) is 3.30. The molecule has 0 unspecified atom stereocenters. The molecule has 2 aromatic carbocycles. The van der Waals surface area contributed by atoms with Gasteiger partial charge in [-0.2, -0.15) is 0 Å². The number of ether oxygens (including phenoxy) is 2. The summed E-state index contributed by atoms with van der Waals surface area (Å²) in [5, 5.41) is 0. The molecule has 0 spiro atoms. The lowest BCUT2D eigenvalue weighted by molar-refractivity contribution is 0.0594. The first kappa shape index (κ1) is 15.3. The monoisotopic (exact) mass is 308 g/mol. The first-order chi connectivity index (χ1) is 11.4. The zero-order chi connectivity index (χ0) is 15.7. The van der Waals surface area contributed by atoms with Gasteiger partial charge in [0.15, 0.2) is 0 Å². The fourth-order valence-corrected chi connectivity index (χ4v) is 2.23. The van der Waals surface area contributed by atoms with Crippen LogP contribution in [0, 0.1) is 0 Å². The molecule has 0 amide bonds. The van der Waals surface area contributed by atoms with Crippen molar-refractivity contribution in [3.8, 4) is 5.75 Å². The number of para-hydroxylation sites is 2. The highest BCUT2D eigenvalue weighted by molar-refractivity contribution is 5.91. The second kappa shape index (κ2) is 8.15. The summed E-state index contributed by atoms with van der Waals surface area (Å²) < 4.78 is 11.3. The highest BCUT2D eigenvalue weighted by Gasteiger charge is 2.06. The summed E-state index contributed by atoms with van der Waals surface area (Å²) in [5.41, 5.74) is 0.866. The predicted molar refractivity (Wildman–Crippen MR) is 92.1 cm³/mol. The van der Waals surface area contributed by atoms with Crippen LogP contribution >= 0.6 is 0 Å². The second-order valence-corrected chi connectivity index (χ2v) is 5.16. The van der Waals surface area contributed by atoms with Gasteiger partial charge in [0.25, 0.3) is 0 Å². The van der Waals surface area contributed by atoms with Gasteiger partial charge >= 0.3 is 0 Å². The minimum absolute atomic E-state index is 0.564. The van der Waals surface area contributed by atoms with Crippen LogP contribution in [0.2, 0.25) is 0 Å². The van der Waals surface area contributed by atoms with Crippen LogP contribution in [0.5, 0.6) is 5.75 Å². The van der Waals surface area contributed by atoms with Gasteiger partial charge in [0.05, 0.1) is 18.9 Å². The maximum absolute atomic E-state index is 5.91. The van der Waals surface area contributed by atoms with Crippen molar-refractivity contribution in [3.63, 3.8) is 0 Å². The standard InChI is InChI=1S/C19H20N2O2/c1-3-7-17(8-4-1)20-19(23-18-9-5-2-6-10-18)11-12-21-13-15-22-16-14-21/h1-12H,13-16H2. The zero-order valence-corrected chi connectivity index (χ0v) is 13.0. The molecule has 23 heavy (non-hydrogen) atoms. The Bertz CT molecular complexity index is 648. The average molecular weight is 308 g/mol. The van der Waals surface area contributed by atoms with E-state index >= 15 is 0 Å². The summed E-state index contributed by atoms with van der Waals surface area (Å²) in [6, 6.07) is 19.5. The summed E-state index contributed by atoms with van der Waals surface area (Å²) in [6.07, 6.45) is 3.93. The maximum atomic E-state index is 5.91. The summed E-state index contributed by atoms with van der Waals surface area (Å²) in [7, 11) is 0. The highest BCUT2D eigenvalue weighted by atomic mass is 16.5. The van der Waals surface area contributed by atoms with Crippen LogP contribution < -0.4 is 4.74 Å². The normalized spacial score (nSPS) is 15.8. The Kier molecular flexibility index (Phi) is 5.43. The summed E-state index contributed by atoms with van der Waals surface area (Å²) in [4.78, 5) is 6.79. The third-order valence-corrected chi connectivity index (χ3v) is 3.43. The molecule has 0 aromatic heterocycles. The molecule has 0 atom stereocenters. The van der Waals surface area contributed by atoms with Crippen molar-refractivity contribution in [3.05, 3.63) is 72.9 Å². The number of benzene rings is 2.